The SMILES string of the molecule is COCCN(CC(C)C)c1ncccc1C(C)=O. The summed E-state index contributed by atoms with van der Waals surface area (Å²) < 4.78 is 5.12. The lowest BCUT2D eigenvalue weighted by atomic mass is 10.1. The molecule has 1 aromatic rings. The highest BCUT2D eigenvalue weighted by atomic mass is 16.5. The molecule has 0 spiro atoms. The number of aromatic nitrogens is 1. The molecule has 0 radical (unpaired) electrons. The Hall–Kier alpha value is -1.42. The summed E-state index contributed by atoms with van der Waals surface area (Å²) in [4.78, 5) is 18.1. The smallest absolute Gasteiger partial charge is 0.163 e. The van der Waals surface area contributed by atoms with E-state index in [0.717, 1.165) is 18.9 Å². The zero-order valence-electron chi connectivity index (χ0n) is 11.6. The summed E-state index contributed by atoms with van der Waals surface area (Å²) in [5.74, 6) is 1.31. The molecular weight excluding hydrogens is 228 g/mol. The Balaban J connectivity index is 2.99. The summed E-state index contributed by atoms with van der Waals surface area (Å²) in [6.07, 6.45) is 1.72. The van der Waals surface area contributed by atoms with Gasteiger partial charge < -0.3 is 9.64 Å². The third-order valence-corrected chi connectivity index (χ3v) is 2.62. The summed E-state index contributed by atoms with van der Waals surface area (Å²) in [6.45, 7) is 8.10. The molecule has 4 nitrogen and oxygen atoms in total. The summed E-state index contributed by atoms with van der Waals surface area (Å²) >= 11 is 0. The number of nitrogens with zero attached hydrogens (tertiary/aromatic N) is 2. The molecule has 18 heavy (non-hydrogen) atoms. The van der Waals surface area contributed by atoms with Crippen LogP contribution >= 0.6 is 0 Å². The number of anilines is 1. The quantitative estimate of drug-likeness (QED) is 0.697. The molecule has 0 saturated heterocycles. The van der Waals surface area contributed by atoms with Gasteiger partial charge in [-0.25, -0.2) is 4.98 Å². The summed E-state index contributed by atoms with van der Waals surface area (Å²) in [5.41, 5.74) is 0.675. The van der Waals surface area contributed by atoms with Crippen LogP contribution in [-0.4, -0.2) is 37.6 Å². The fraction of sp³-hybridized carbons (Fsp3) is 0.571. The van der Waals surface area contributed by atoms with Gasteiger partial charge in [0.1, 0.15) is 5.82 Å². The molecular formula is C14H22N2O2. The maximum atomic E-state index is 11.6. The Kier molecular flexibility index (Phi) is 5.78. The first-order chi connectivity index (χ1) is 8.56. The van der Waals surface area contributed by atoms with Crippen LogP contribution < -0.4 is 4.90 Å². The number of ether oxygens (including phenoxy) is 1. The van der Waals surface area contributed by atoms with Gasteiger partial charge in [-0.2, -0.15) is 0 Å². The fourth-order valence-corrected chi connectivity index (χ4v) is 1.85. The van der Waals surface area contributed by atoms with Crippen molar-refractivity contribution in [2.45, 2.75) is 20.8 Å². The predicted octanol–water partition coefficient (Wildman–Crippen LogP) is 2.39. The first-order valence-electron chi connectivity index (χ1n) is 6.26. The van der Waals surface area contributed by atoms with Crippen LogP contribution in [0.4, 0.5) is 5.82 Å². The molecule has 0 fully saturated rings. The number of rotatable bonds is 7. The molecule has 0 N–H and O–H groups in total. The Labute approximate surface area is 109 Å². The lowest BCUT2D eigenvalue weighted by molar-refractivity contribution is 0.101. The van der Waals surface area contributed by atoms with Crippen molar-refractivity contribution in [1.82, 2.24) is 4.98 Å². The highest BCUT2D eigenvalue weighted by Gasteiger charge is 2.16. The number of hydrogen-bond acceptors (Lipinski definition) is 4. The third kappa shape index (κ3) is 4.11. The largest absolute Gasteiger partial charge is 0.383 e. The van der Waals surface area contributed by atoms with Crippen molar-refractivity contribution in [3.8, 4) is 0 Å². The zero-order chi connectivity index (χ0) is 13.5. The van der Waals surface area contributed by atoms with Crippen LogP contribution in [0.2, 0.25) is 0 Å². The zero-order valence-corrected chi connectivity index (χ0v) is 11.6. The minimum absolute atomic E-state index is 0.0456. The van der Waals surface area contributed by atoms with Gasteiger partial charge in [-0.3, -0.25) is 4.79 Å². The first kappa shape index (κ1) is 14.6. The Morgan fingerprint density at radius 2 is 2.22 bits per heavy atom. The maximum absolute atomic E-state index is 11.6. The van der Waals surface area contributed by atoms with Gasteiger partial charge in [0.2, 0.25) is 0 Å². The number of carbonyl (C=O) groups excluding carboxylic acids is 1. The molecule has 1 heterocycles. The van der Waals surface area contributed by atoms with Gasteiger partial charge in [0.15, 0.2) is 5.78 Å². The van der Waals surface area contributed by atoms with Crippen molar-refractivity contribution >= 4 is 11.6 Å². The molecule has 0 aliphatic carbocycles. The second-order valence-corrected chi connectivity index (χ2v) is 4.76. The van der Waals surface area contributed by atoms with Gasteiger partial charge in [0.25, 0.3) is 0 Å². The minimum atomic E-state index is 0.0456. The van der Waals surface area contributed by atoms with Crippen molar-refractivity contribution in [3.05, 3.63) is 23.9 Å². The van der Waals surface area contributed by atoms with E-state index in [4.69, 9.17) is 4.74 Å². The molecule has 0 amide bonds. The molecule has 0 saturated carbocycles. The van der Waals surface area contributed by atoms with Crippen molar-refractivity contribution in [1.29, 1.82) is 0 Å². The number of Topliss-reactive ketones (excluding diaryl/α,β-unsaturated/α-hetero) is 1. The minimum Gasteiger partial charge on any atom is -0.383 e. The summed E-state index contributed by atoms with van der Waals surface area (Å²) in [5, 5.41) is 0. The fourth-order valence-electron chi connectivity index (χ4n) is 1.85. The van der Waals surface area contributed by atoms with Crippen LogP contribution in [0.15, 0.2) is 18.3 Å². The number of methoxy groups -OCH3 is 1. The van der Waals surface area contributed by atoms with E-state index in [2.05, 4.69) is 23.7 Å². The van der Waals surface area contributed by atoms with Gasteiger partial charge in [-0.05, 0) is 25.0 Å². The van der Waals surface area contributed by atoms with Crippen LogP contribution in [0.3, 0.4) is 0 Å². The van der Waals surface area contributed by atoms with Gasteiger partial charge in [0, 0.05) is 26.4 Å². The normalized spacial score (nSPS) is 10.7. The van der Waals surface area contributed by atoms with E-state index >= 15 is 0 Å². The Morgan fingerprint density at radius 3 is 2.78 bits per heavy atom. The Bertz CT molecular complexity index is 391. The van der Waals surface area contributed by atoms with E-state index in [0.29, 0.717) is 18.1 Å². The lowest BCUT2D eigenvalue weighted by Crippen LogP contribution is -2.32. The van der Waals surface area contributed by atoms with E-state index in [1.165, 1.54) is 0 Å². The summed E-state index contributed by atoms with van der Waals surface area (Å²) in [6, 6.07) is 3.62. The van der Waals surface area contributed by atoms with Gasteiger partial charge >= 0.3 is 0 Å². The van der Waals surface area contributed by atoms with Gasteiger partial charge in [-0.15, -0.1) is 0 Å². The van der Waals surface area contributed by atoms with E-state index in [1.807, 2.05) is 6.07 Å². The predicted molar refractivity (Wildman–Crippen MR) is 73.2 cm³/mol. The average Bonchev–Trinajstić information content (AvgIpc) is 2.34. The molecule has 1 rings (SSSR count). The highest BCUT2D eigenvalue weighted by molar-refractivity contribution is 5.98. The molecule has 1 aromatic heterocycles. The summed E-state index contributed by atoms with van der Waals surface area (Å²) in [7, 11) is 1.68. The number of hydrogen-bond donors (Lipinski definition) is 0. The van der Waals surface area contributed by atoms with E-state index < -0.39 is 0 Å². The van der Waals surface area contributed by atoms with E-state index in [-0.39, 0.29) is 5.78 Å². The lowest BCUT2D eigenvalue weighted by Gasteiger charge is -2.26. The maximum Gasteiger partial charge on any atom is 0.163 e. The van der Waals surface area contributed by atoms with Crippen LogP contribution in [0.5, 0.6) is 0 Å². The Morgan fingerprint density at radius 1 is 1.50 bits per heavy atom. The van der Waals surface area contributed by atoms with Gasteiger partial charge in [0.05, 0.1) is 12.2 Å². The molecule has 0 aliphatic heterocycles. The van der Waals surface area contributed by atoms with Gasteiger partial charge in [-0.1, -0.05) is 13.8 Å². The van der Waals surface area contributed by atoms with Crippen LogP contribution in [0.1, 0.15) is 31.1 Å². The van der Waals surface area contributed by atoms with E-state index in [9.17, 15) is 4.79 Å². The third-order valence-electron chi connectivity index (χ3n) is 2.62. The van der Waals surface area contributed by atoms with Crippen molar-refractivity contribution < 1.29 is 9.53 Å². The number of ketones is 1. The second-order valence-electron chi connectivity index (χ2n) is 4.76. The second kappa shape index (κ2) is 7.11. The van der Waals surface area contributed by atoms with Crippen LogP contribution in [-0.2, 0) is 4.74 Å². The highest BCUT2D eigenvalue weighted by Crippen LogP contribution is 2.18. The molecule has 0 unspecified atom stereocenters. The molecule has 0 aromatic carbocycles. The first-order valence-corrected chi connectivity index (χ1v) is 6.26. The average molecular weight is 250 g/mol. The monoisotopic (exact) mass is 250 g/mol. The van der Waals surface area contributed by atoms with Crippen molar-refractivity contribution in [2.24, 2.45) is 5.92 Å². The number of carbonyl (C=O) groups is 1. The molecule has 0 atom stereocenters. The molecule has 0 bridgehead atoms. The number of pyridine rings is 1. The van der Waals surface area contributed by atoms with Crippen molar-refractivity contribution in [3.63, 3.8) is 0 Å². The molecule has 100 valence electrons. The molecule has 0 aliphatic rings. The van der Waals surface area contributed by atoms with Crippen LogP contribution in [0.25, 0.3) is 0 Å². The standard InChI is InChI=1S/C14H22N2O2/c1-11(2)10-16(8-9-18-4)14-13(12(3)17)6-5-7-15-14/h5-7,11H,8-10H2,1-4H3. The van der Waals surface area contributed by atoms with Crippen molar-refractivity contribution in [2.75, 3.05) is 31.7 Å². The molecule has 4 heteroatoms. The topological polar surface area (TPSA) is 42.4 Å². The van der Waals surface area contributed by atoms with E-state index in [1.54, 1.807) is 26.3 Å². The van der Waals surface area contributed by atoms with Crippen LogP contribution in [0, 0.1) is 5.92 Å².